The number of amides is 1. The molecule has 0 saturated carbocycles. The molecule has 5 heteroatoms. The van der Waals surface area contributed by atoms with E-state index in [9.17, 15) is 4.79 Å². The van der Waals surface area contributed by atoms with E-state index in [1.807, 2.05) is 0 Å². The highest BCUT2D eigenvalue weighted by atomic mass is 35.5. The molecule has 1 aliphatic rings. The van der Waals surface area contributed by atoms with Crippen molar-refractivity contribution in [1.82, 2.24) is 10.4 Å². The summed E-state index contributed by atoms with van der Waals surface area (Å²) in [6.07, 6.45) is 2.51. The molecule has 0 spiro atoms. The highest BCUT2D eigenvalue weighted by Crippen LogP contribution is 2.14. The van der Waals surface area contributed by atoms with E-state index in [0.29, 0.717) is 17.2 Å². The average Bonchev–Trinajstić information content (AvgIpc) is 2.88. The predicted octanol–water partition coefficient (Wildman–Crippen LogP) is 2.10. The van der Waals surface area contributed by atoms with Crippen molar-refractivity contribution in [1.29, 1.82) is 0 Å². The first-order valence-electron chi connectivity index (χ1n) is 6.16. The number of nitrogens with zero attached hydrogens (tertiary/aromatic N) is 1. The molecule has 1 saturated heterocycles. The summed E-state index contributed by atoms with van der Waals surface area (Å²) in [4.78, 5) is 19.2. The van der Waals surface area contributed by atoms with E-state index in [1.54, 1.807) is 24.3 Å². The fourth-order valence-corrected chi connectivity index (χ4v) is 2.22. The van der Waals surface area contributed by atoms with E-state index < -0.39 is 0 Å². The van der Waals surface area contributed by atoms with Crippen LogP contribution in [-0.4, -0.2) is 37.0 Å². The minimum atomic E-state index is -0.304. The number of hydrogen-bond donors (Lipinski definition) is 1. The summed E-state index contributed by atoms with van der Waals surface area (Å²) in [5, 5.41) is 0.429. The third-order valence-corrected chi connectivity index (χ3v) is 3.32. The Morgan fingerprint density at radius 3 is 2.78 bits per heavy atom. The Morgan fingerprint density at radius 2 is 2.06 bits per heavy atom. The molecule has 98 valence electrons. The highest BCUT2D eigenvalue weighted by molar-refractivity contribution is 6.33. The lowest BCUT2D eigenvalue weighted by Crippen LogP contribution is -2.30. The van der Waals surface area contributed by atoms with Gasteiger partial charge in [0.05, 0.1) is 17.2 Å². The van der Waals surface area contributed by atoms with Crippen LogP contribution in [0.2, 0.25) is 5.02 Å². The molecule has 1 N–H and O–H groups in total. The molecule has 1 aliphatic heterocycles. The van der Waals surface area contributed by atoms with Gasteiger partial charge in [0.15, 0.2) is 0 Å². The van der Waals surface area contributed by atoms with Crippen LogP contribution in [-0.2, 0) is 4.84 Å². The molecule has 0 unspecified atom stereocenters. The van der Waals surface area contributed by atoms with E-state index in [-0.39, 0.29) is 5.91 Å². The van der Waals surface area contributed by atoms with Crippen LogP contribution in [0.15, 0.2) is 24.3 Å². The summed E-state index contributed by atoms with van der Waals surface area (Å²) in [5.74, 6) is -0.304. The van der Waals surface area contributed by atoms with Crippen LogP contribution in [0.25, 0.3) is 0 Å². The first-order chi connectivity index (χ1) is 8.77. The van der Waals surface area contributed by atoms with Gasteiger partial charge in [0.25, 0.3) is 5.91 Å². The lowest BCUT2D eigenvalue weighted by atomic mass is 10.2. The smallest absolute Gasteiger partial charge is 0.276 e. The van der Waals surface area contributed by atoms with Gasteiger partial charge in [0.1, 0.15) is 0 Å². The number of likely N-dealkylation sites (tertiary alicyclic amines) is 1. The summed E-state index contributed by atoms with van der Waals surface area (Å²) < 4.78 is 0. The second-order valence-corrected chi connectivity index (χ2v) is 4.72. The maximum absolute atomic E-state index is 11.7. The van der Waals surface area contributed by atoms with E-state index in [2.05, 4.69) is 10.4 Å². The van der Waals surface area contributed by atoms with Crippen molar-refractivity contribution in [2.45, 2.75) is 12.8 Å². The lowest BCUT2D eigenvalue weighted by molar-refractivity contribution is 0.0244. The lowest BCUT2D eigenvalue weighted by Gasteiger charge is -2.14. The third-order valence-electron chi connectivity index (χ3n) is 2.99. The van der Waals surface area contributed by atoms with Gasteiger partial charge in [-0.15, -0.1) is 0 Å². The van der Waals surface area contributed by atoms with E-state index >= 15 is 0 Å². The Kier molecular flexibility index (Phi) is 4.99. The van der Waals surface area contributed by atoms with Gasteiger partial charge in [0, 0.05) is 6.54 Å². The number of hydroxylamine groups is 1. The van der Waals surface area contributed by atoms with Crippen molar-refractivity contribution in [2.24, 2.45) is 0 Å². The molecule has 1 aromatic carbocycles. The van der Waals surface area contributed by atoms with Crippen LogP contribution in [0.4, 0.5) is 0 Å². The quantitative estimate of drug-likeness (QED) is 0.657. The van der Waals surface area contributed by atoms with E-state index in [1.165, 1.54) is 12.8 Å². The molecule has 1 aromatic rings. The van der Waals surface area contributed by atoms with Gasteiger partial charge in [-0.25, -0.2) is 5.48 Å². The first kappa shape index (κ1) is 13.3. The monoisotopic (exact) mass is 268 g/mol. The SMILES string of the molecule is O=C(NOCCN1CCCC1)c1ccccc1Cl. The summed E-state index contributed by atoms with van der Waals surface area (Å²) in [5.41, 5.74) is 2.84. The number of rotatable bonds is 5. The minimum absolute atomic E-state index is 0.304. The van der Waals surface area contributed by atoms with Crippen LogP contribution in [0.1, 0.15) is 23.2 Å². The topological polar surface area (TPSA) is 41.6 Å². The van der Waals surface area contributed by atoms with Crippen molar-refractivity contribution in [3.8, 4) is 0 Å². The fourth-order valence-electron chi connectivity index (χ4n) is 2.00. The predicted molar refractivity (Wildman–Crippen MR) is 70.5 cm³/mol. The second-order valence-electron chi connectivity index (χ2n) is 4.31. The van der Waals surface area contributed by atoms with Crippen LogP contribution in [0, 0.1) is 0 Å². The third kappa shape index (κ3) is 3.70. The number of hydrogen-bond acceptors (Lipinski definition) is 3. The Labute approximate surface area is 112 Å². The van der Waals surface area contributed by atoms with Crippen molar-refractivity contribution in [3.05, 3.63) is 34.9 Å². The molecule has 0 radical (unpaired) electrons. The van der Waals surface area contributed by atoms with E-state index in [4.69, 9.17) is 16.4 Å². The van der Waals surface area contributed by atoms with Gasteiger partial charge in [-0.3, -0.25) is 9.63 Å². The van der Waals surface area contributed by atoms with Crippen LogP contribution < -0.4 is 5.48 Å². The maximum Gasteiger partial charge on any atom is 0.276 e. The van der Waals surface area contributed by atoms with Crippen molar-refractivity contribution in [3.63, 3.8) is 0 Å². The molecule has 0 bridgehead atoms. The Morgan fingerprint density at radius 1 is 1.33 bits per heavy atom. The zero-order chi connectivity index (χ0) is 12.8. The minimum Gasteiger partial charge on any atom is -0.301 e. The van der Waals surface area contributed by atoms with Crippen LogP contribution in [0.5, 0.6) is 0 Å². The first-order valence-corrected chi connectivity index (χ1v) is 6.54. The summed E-state index contributed by atoms with van der Waals surface area (Å²) in [6.45, 7) is 3.60. The Balaban J connectivity index is 1.70. The maximum atomic E-state index is 11.7. The number of nitrogens with one attached hydrogen (secondary N) is 1. The van der Waals surface area contributed by atoms with Gasteiger partial charge in [-0.1, -0.05) is 23.7 Å². The highest BCUT2D eigenvalue weighted by Gasteiger charge is 2.12. The van der Waals surface area contributed by atoms with Crippen LogP contribution >= 0.6 is 11.6 Å². The molecule has 2 rings (SSSR count). The number of carbonyl (C=O) groups excluding carboxylic acids is 1. The molecule has 4 nitrogen and oxygen atoms in total. The van der Waals surface area contributed by atoms with Gasteiger partial charge in [-0.05, 0) is 38.1 Å². The van der Waals surface area contributed by atoms with Gasteiger partial charge >= 0.3 is 0 Å². The summed E-state index contributed by atoms with van der Waals surface area (Å²) >= 11 is 5.91. The molecule has 1 fully saturated rings. The van der Waals surface area contributed by atoms with Gasteiger partial charge in [-0.2, -0.15) is 0 Å². The van der Waals surface area contributed by atoms with Gasteiger partial charge in [0.2, 0.25) is 0 Å². The molecule has 0 aromatic heterocycles. The molecule has 0 aliphatic carbocycles. The zero-order valence-electron chi connectivity index (χ0n) is 10.2. The Bertz CT molecular complexity index is 406. The molecule has 18 heavy (non-hydrogen) atoms. The number of halogens is 1. The molecular weight excluding hydrogens is 252 g/mol. The standard InChI is InChI=1S/C13H17ClN2O2/c14-12-6-2-1-5-11(12)13(17)15-18-10-9-16-7-3-4-8-16/h1-2,5-6H,3-4,7-10H2,(H,15,17). The fraction of sp³-hybridized carbons (Fsp3) is 0.462. The molecule has 0 atom stereocenters. The van der Waals surface area contributed by atoms with Gasteiger partial charge < -0.3 is 4.90 Å². The van der Waals surface area contributed by atoms with Crippen molar-refractivity contribution < 1.29 is 9.63 Å². The largest absolute Gasteiger partial charge is 0.301 e. The average molecular weight is 269 g/mol. The van der Waals surface area contributed by atoms with E-state index in [0.717, 1.165) is 19.6 Å². The normalized spacial score (nSPS) is 15.8. The number of benzene rings is 1. The summed E-state index contributed by atoms with van der Waals surface area (Å²) in [6, 6.07) is 6.90. The number of carbonyl (C=O) groups is 1. The molecular formula is C13H17ClN2O2. The molecule has 1 amide bonds. The van der Waals surface area contributed by atoms with Crippen molar-refractivity contribution in [2.75, 3.05) is 26.2 Å². The zero-order valence-corrected chi connectivity index (χ0v) is 10.9. The van der Waals surface area contributed by atoms with Crippen LogP contribution in [0.3, 0.4) is 0 Å². The Hall–Kier alpha value is -1.10. The summed E-state index contributed by atoms with van der Waals surface area (Å²) in [7, 11) is 0. The van der Waals surface area contributed by atoms with Crippen molar-refractivity contribution >= 4 is 17.5 Å². The second kappa shape index (κ2) is 6.73. The molecule has 1 heterocycles.